The Morgan fingerprint density at radius 1 is 1.28 bits per heavy atom. The summed E-state index contributed by atoms with van der Waals surface area (Å²) in [5.74, 6) is -0.874. The number of ether oxygens (including phenoxy) is 1. The van der Waals surface area contributed by atoms with E-state index in [9.17, 15) is 22.8 Å². The zero-order valence-corrected chi connectivity index (χ0v) is 10.6. The van der Waals surface area contributed by atoms with Gasteiger partial charge in [0.15, 0.2) is 5.78 Å². The van der Waals surface area contributed by atoms with Gasteiger partial charge in [-0.25, -0.2) is 0 Å². The fourth-order valence-corrected chi connectivity index (χ4v) is 1.31. The van der Waals surface area contributed by atoms with Gasteiger partial charge in [0.05, 0.1) is 19.1 Å². The van der Waals surface area contributed by atoms with E-state index in [1.54, 1.807) is 13.8 Å². The molecule has 0 aliphatic rings. The zero-order valence-electron chi connectivity index (χ0n) is 10.6. The maximum Gasteiger partial charge on any atom is 0.391 e. The number of carbonyl (C=O) groups excluding carboxylic acids is 2. The van der Waals surface area contributed by atoms with E-state index in [0.29, 0.717) is 0 Å². The molecule has 0 heterocycles. The van der Waals surface area contributed by atoms with E-state index in [1.807, 2.05) is 0 Å². The summed E-state index contributed by atoms with van der Waals surface area (Å²) in [5.41, 5.74) is 0. The first kappa shape index (κ1) is 16.9. The van der Waals surface area contributed by atoms with Gasteiger partial charge in [0.1, 0.15) is 6.61 Å². The summed E-state index contributed by atoms with van der Waals surface area (Å²) >= 11 is 0. The standard InChI is InChI=1S/C11H18F3NO3/c1-7(2)10(8(3)16)15-9(17)6-18-5-4-11(12,13)14/h7,10H,4-6H2,1-3H3,(H,15,17). The molecule has 0 aromatic heterocycles. The van der Waals surface area contributed by atoms with E-state index >= 15 is 0 Å². The van der Waals surface area contributed by atoms with Crippen LogP contribution in [-0.2, 0) is 14.3 Å². The third-order valence-electron chi connectivity index (χ3n) is 2.18. The van der Waals surface area contributed by atoms with Crippen LogP contribution in [0.3, 0.4) is 0 Å². The Morgan fingerprint density at radius 2 is 1.83 bits per heavy atom. The number of amides is 1. The van der Waals surface area contributed by atoms with E-state index in [2.05, 4.69) is 10.1 Å². The zero-order chi connectivity index (χ0) is 14.3. The average molecular weight is 269 g/mol. The molecule has 0 saturated carbocycles. The molecule has 1 N–H and O–H groups in total. The fraction of sp³-hybridized carbons (Fsp3) is 0.818. The molecule has 0 aromatic carbocycles. The van der Waals surface area contributed by atoms with E-state index in [4.69, 9.17) is 0 Å². The smallest absolute Gasteiger partial charge is 0.371 e. The highest BCUT2D eigenvalue weighted by atomic mass is 19.4. The SMILES string of the molecule is CC(=O)C(NC(=O)COCCC(F)(F)F)C(C)C. The number of hydrogen-bond acceptors (Lipinski definition) is 3. The van der Waals surface area contributed by atoms with Gasteiger partial charge in [-0.3, -0.25) is 9.59 Å². The Kier molecular flexibility index (Phi) is 6.90. The quantitative estimate of drug-likeness (QED) is 0.715. The number of nitrogens with one attached hydrogen (secondary N) is 1. The first-order valence-electron chi connectivity index (χ1n) is 5.58. The third-order valence-corrected chi connectivity index (χ3v) is 2.18. The van der Waals surface area contributed by atoms with Crippen LogP contribution in [-0.4, -0.2) is 37.1 Å². The van der Waals surface area contributed by atoms with Crippen molar-refractivity contribution in [1.82, 2.24) is 5.32 Å². The molecule has 0 aliphatic carbocycles. The van der Waals surface area contributed by atoms with Gasteiger partial charge in [-0.1, -0.05) is 13.8 Å². The maximum absolute atomic E-state index is 11.8. The van der Waals surface area contributed by atoms with Crippen LogP contribution in [0.25, 0.3) is 0 Å². The molecule has 106 valence electrons. The molecular formula is C11H18F3NO3. The van der Waals surface area contributed by atoms with Gasteiger partial charge in [0, 0.05) is 0 Å². The number of carbonyl (C=O) groups is 2. The van der Waals surface area contributed by atoms with E-state index in [-0.39, 0.29) is 11.7 Å². The first-order chi connectivity index (χ1) is 8.13. The molecule has 4 nitrogen and oxygen atoms in total. The van der Waals surface area contributed by atoms with Crippen molar-refractivity contribution >= 4 is 11.7 Å². The van der Waals surface area contributed by atoms with Crippen LogP contribution in [0, 0.1) is 5.92 Å². The predicted octanol–water partition coefficient (Wildman–Crippen LogP) is 1.69. The van der Waals surface area contributed by atoms with Crippen molar-refractivity contribution in [1.29, 1.82) is 0 Å². The highest BCUT2D eigenvalue weighted by molar-refractivity contribution is 5.88. The monoisotopic (exact) mass is 269 g/mol. The van der Waals surface area contributed by atoms with Gasteiger partial charge in [-0.15, -0.1) is 0 Å². The minimum Gasteiger partial charge on any atom is -0.371 e. The number of hydrogen-bond donors (Lipinski definition) is 1. The van der Waals surface area contributed by atoms with Gasteiger partial charge in [-0.2, -0.15) is 13.2 Å². The summed E-state index contributed by atoms with van der Waals surface area (Å²) in [6.45, 7) is 3.82. The molecule has 0 aliphatic heterocycles. The lowest BCUT2D eigenvalue weighted by molar-refractivity contribution is -0.149. The third kappa shape index (κ3) is 8.05. The van der Waals surface area contributed by atoms with Crippen LogP contribution >= 0.6 is 0 Å². The minimum absolute atomic E-state index is 0.0818. The highest BCUT2D eigenvalue weighted by Gasteiger charge is 2.26. The van der Waals surface area contributed by atoms with Crippen LogP contribution in [0.2, 0.25) is 0 Å². The minimum atomic E-state index is -4.30. The van der Waals surface area contributed by atoms with Crippen LogP contribution in [0.5, 0.6) is 0 Å². The normalized spacial score (nSPS) is 13.5. The van der Waals surface area contributed by atoms with Gasteiger partial charge in [-0.05, 0) is 12.8 Å². The molecule has 1 amide bonds. The Morgan fingerprint density at radius 3 is 2.22 bits per heavy atom. The summed E-state index contributed by atoms with van der Waals surface area (Å²) in [4.78, 5) is 22.5. The Bertz CT molecular complexity index is 290. The van der Waals surface area contributed by atoms with Crippen molar-refractivity contribution in [2.45, 2.75) is 39.4 Å². The predicted molar refractivity (Wildman–Crippen MR) is 58.9 cm³/mol. The lowest BCUT2D eigenvalue weighted by atomic mass is 10.0. The lowest BCUT2D eigenvalue weighted by Crippen LogP contribution is -2.44. The summed E-state index contributed by atoms with van der Waals surface area (Å²) in [6, 6.07) is -0.635. The number of rotatable bonds is 7. The van der Waals surface area contributed by atoms with Crippen LogP contribution in [0.1, 0.15) is 27.2 Å². The van der Waals surface area contributed by atoms with Crippen molar-refractivity contribution < 1.29 is 27.5 Å². The molecule has 1 atom stereocenters. The molecule has 0 saturated heterocycles. The molecule has 0 radical (unpaired) electrons. The first-order valence-corrected chi connectivity index (χ1v) is 5.58. The van der Waals surface area contributed by atoms with Crippen molar-refractivity contribution in [2.75, 3.05) is 13.2 Å². The molecule has 7 heteroatoms. The fourth-order valence-electron chi connectivity index (χ4n) is 1.31. The van der Waals surface area contributed by atoms with Crippen molar-refractivity contribution in [3.8, 4) is 0 Å². The number of Topliss-reactive ketones (excluding diaryl/α,β-unsaturated/α-hetero) is 1. The second-order valence-corrected chi connectivity index (χ2v) is 4.32. The maximum atomic E-state index is 11.8. The number of halogens is 3. The van der Waals surface area contributed by atoms with Crippen molar-refractivity contribution in [3.05, 3.63) is 0 Å². The molecule has 18 heavy (non-hydrogen) atoms. The van der Waals surface area contributed by atoms with Crippen LogP contribution in [0.15, 0.2) is 0 Å². The second-order valence-electron chi connectivity index (χ2n) is 4.32. The summed E-state index contributed by atoms with van der Waals surface area (Å²) < 4.78 is 39.9. The Labute approximate surface area is 104 Å². The van der Waals surface area contributed by atoms with Gasteiger partial charge in [0.25, 0.3) is 0 Å². The molecule has 1 unspecified atom stereocenters. The topological polar surface area (TPSA) is 55.4 Å². The largest absolute Gasteiger partial charge is 0.391 e. The van der Waals surface area contributed by atoms with E-state index in [0.717, 1.165) is 0 Å². The Hall–Kier alpha value is -1.11. The molecule has 0 rings (SSSR count). The van der Waals surface area contributed by atoms with E-state index < -0.39 is 37.8 Å². The molecule has 0 aromatic rings. The van der Waals surface area contributed by atoms with Gasteiger partial charge in [0.2, 0.25) is 5.91 Å². The Balaban J connectivity index is 3.93. The molecule has 0 bridgehead atoms. The highest BCUT2D eigenvalue weighted by Crippen LogP contribution is 2.18. The van der Waals surface area contributed by atoms with Crippen LogP contribution < -0.4 is 5.32 Å². The molecular weight excluding hydrogens is 251 g/mol. The summed E-state index contributed by atoms with van der Waals surface area (Å²) in [6.07, 6.45) is -5.39. The second kappa shape index (κ2) is 7.35. The summed E-state index contributed by atoms with van der Waals surface area (Å²) in [7, 11) is 0. The molecule has 0 fully saturated rings. The van der Waals surface area contributed by atoms with Gasteiger partial charge < -0.3 is 10.1 Å². The van der Waals surface area contributed by atoms with Crippen LogP contribution in [0.4, 0.5) is 13.2 Å². The van der Waals surface area contributed by atoms with Crippen molar-refractivity contribution in [3.63, 3.8) is 0 Å². The number of ketones is 1. The lowest BCUT2D eigenvalue weighted by Gasteiger charge is -2.19. The average Bonchev–Trinajstić information content (AvgIpc) is 2.18. The summed E-state index contributed by atoms with van der Waals surface area (Å²) in [5, 5.41) is 2.42. The van der Waals surface area contributed by atoms with E-state index in [1.165, 1.54) is 6.92 Å². The van der Waals surface area contributed by atoms with Gasteiger partial charge >= 0.3 is 6.18 Å². The molecule has 0 spiro atoms. The number of alkyl halides is 3. The van der Waals surface area contributed by atoms with Crippen molar-refractivity contribution in [2.24, 2.45) is 5.92 Å².